The average Bonchev–Trinajstić information content (AvgIpc) is 2.49. The number of methoxy groups -OCH3 is 1. The normalized spacial score (nSPS) is 18.0. The number of hydrogen-bond acceptors (Lipinski definition) is 4. The minimum absolute atomic E-state index is 0.162. The van der Waals surface area contributed by atoms with Crippen LogP contribution < -0.4 is 14.8 Å². The molecule has 0 unspecified atom stereocenters. The van der Waals surface area contributed by atoms with Crippen molar-refractivity contribution in [3.63, 3.8) is 0 Å². The van der Waals surface area contributed by atoms with E-state index in [1.807, 2.05) is 13.0 Å². The minimum atomic E-state index is 0.162. The Kier molecular flexibility index (Phi) is 5.70. The van der Waals surface area contributed by atoms with Crippen LogP contribution in [0, 0.1) is 5.41 Å². The van der Waals surface area contributed by atoms with Gasteiger partial charge in [0.05, 0.1) is 13.7 Å². The highest BCUT2D eigenvalue weighted by atomic mass is 16.5. The van der Waals surface area contributed by atoms with Crippen LogP contribution in [0.5, 0.6) is 11.5 Å². The van der Waals surface area contributed by atoms with E-state index >= 15 is 0 Å². The van der Waals surface area contributed by atoms with Crippen LogP contribution in [0.15, 0.2) is 18.2 Å². The van der Waals surface area contributed by atoms with Crippen molar-refractivity contribution in [1.29, 1.82) is 0 Å². The highest BCUT2D eigenvalue weighted by Gasteiger charge is 2.33. The monoisotopic (exact) mass is 306 g/mol. The van der Waals surface area contributed by atoms with Crippen LogP contribution in [0.3, 0.4) is 0 Å². The van der Waals surface area contributed by atoms with Crippen LogP contribution >= 0.6 is 0 Å². The molecule has 22 heavy (non-hydrogen) atoms. The summed E-state index contributed by atoms with van der Waals surface area (Å²) in [5, 5.41) is 3.43. The average molecular weight is 306 g/mol. The Hall–Kier alpha value is -1.26. The first-order valence-electron chi connectivity index (χ1n) is 8.23. The second-order valence-electron chi connectivity index (χ2n) is 6.90. The number of rotatable bonds is 5. The van der Waals surface area contributed by atoms with E-state index in [1.54, 1.807) is 7.11 Å². The zero-order valence-corrected chi connectivity index (χ0v) is 14.6. The SMILES string of the molecule is CCOc1ccc([C@@H](N2CCNCC2)C(C)(C)C)cc1OC. The molecule has 1 atom stereocenters. The maximum absolute atomic E-state index is 5.65. The lowest BCUT2D eigenvalue weighted by molar-refractivity contribution is 0.0860. The van der Waals surface area contributed by atoms with Crippen LogP contribution in [-0.4, -0.2) is 44.8 Å². The van der Waals surface area contributed by atoms with Gasteiger partial charge in [0.25, 0.3) is 0 Å². The molecule has 1 N–H and O–H groups in total. The number of nitrogens with one attached hydrogen (secondary N) is 1. The Balaban J connectivity index is 2.34. The molecule has 0 spiro atoms. The molecule has 1 aliphatic rings. The van der Waals surface area contributed by atoms with Crippen molar-refractivity contribution < 1.29 is 9.47 Å². The summed E-state index contributed by atoms with van der Waals surface area (Å²) in [6, 6.07) is 6.74. The van der Waals surface area contributed by atoms with Gasteiger partial charge >= 0.3 is 0 Å². The largest absolute Gasteiger partial charge is 0.493 e. The maximum Gasteiger partial charge on any atom is 0.161 e. The summed E-state index contributed by atoms with van der Waals surface area (Å²) in [5.74, 6) is 1.64. The fourth-order valence-corrected chi connectivity index (χ4v) is 3.33. The molecule has 1 heterocycles. The van der Waals surface area contributed by atoms with Crippen LogP contribution in [0.4, 0.5) is 0 Å². The summed E-state index contributed by atoms with van der Waals surface area (Å²) in [5.41, 5.74) is 1.46. The third-order valence-corrected chi connectivity index (χ3v) is 4.14. The van der Waals surface area contributed by atoms with Gasteiger partial charge in [0.2, 0.25) is 0 Å². The van der Waals surface area contributed by atoms with E-state index in [0.717, 1.165) is 37.7 Å². The Morgan fingerprint density at radius 2 is 1.86 bits per heavy atom. The molecule has 0 bridgehead atoms. The van der Waals surface area contributed by atoms with Crippen molar-refractivity contribution in [2.75, 3.05) is 39.9 Å². The van der Waals surface area contributed by atoms with Crippen LogP contribution in [0.2, 0.25) is 0 Å². The molecular weight excluding hydrogens is 276 g/mol. The smallest absolute Gasteiger partial charge is 0.161 e. The summed E-state index contributed by atoms with van der Waals surface area (Å²) < 4.78 is 11.2. The molecule has 1 saturated heterocycles. The topological polar surface area (TPSA) is 33.7 Å². The van der Waals surface area contributed by atoms with Gasteiger partial charge in [0.1, 0.15) is 0 Å². The Labute approximate surface area is 134 Å². The van der Waals surface area contributed by atoms with Crippen molar-refractivity contribution in [2.24, 2.45) is 5.41 Å². The first-order valence-corrected chi connectivity index (χ1v) is 8.23. The highest BCUT2D eigenvalue weighted by Crippen LogP contribution is 2.41. The fourth-order valence-electron chi connectivity index (χ4n) is 3.33. The van der Waals surface area contributed by atoms with Crippen LogP contribution in [0.1, 0.15) is 39.3 Å². The number of ether oxygens (including phenoxy) is 2. The summed E-state index contributed by atoms with van der Waals surface area (Å²) in [6.45, 7) is 13.8. The Morgan fingerprint density at radius 3 is 2.41 bits per heavy atom. The highest BCUT2D eigenvalue weighted by molar-refractivity contribution is 5.44. The predicted octanol–water partition coefficient (Wildman–Crippen LogP) is 3.09. The quantitative estimate of drug-likeness (QED) is 0.906. The van der Waals surface area contributed by atoms with Gasteiger partial charge in [-0.1, -0.05) is 26.8 Å². The molecule has 0 aromatic heterocycles. The lowest BCUT2D eigenvalue weighted by atomic mass is 9.81. The second-order valence-corrected chi connectivity index (χ2v) is 6.90. The van der Waals surface area contributed by atoms with Gasteiger partial charge in [-0.25, -0.2) is 0 Å². The Morgan fingerprint density at radius 1 is 1.18 bits per heavy atom. The molecule has 1 aliphatic heterocycles. The van der Waals surface area contributed by atoms with E-state index in [9.17, 15) is 0 Å². The second kappa shape index (κ2) is 7.34. The van der Waals surface area contributed by atoms with E-state index in [0.29, 0.717) is 12.6 Å². The molecule has 0 amide bonds. The van der Waals surface area contributed by atoms with Crippen molar-refractivity contribution in [3.8, 4) is 11.5 Å². The zero-order valence-electron chi connectivity index (χ0n) is 14.6. The van der Waals surface area contributed by atoms with Crippen molar-refractivity contribution >= 4 is 0 Å². The van der Waals surface area contributed by atoms with E-state index < -0.39 is 0 Å². The summed E-state index contributed by atoms with van der Waals surface area (Å²) in [6.07, 6.45) is 0. The molecule has 2 rings (SSSR count). The molecule has 0 saturated carbocycles. The molecule has 124 valence electrons. The fraction of sp³-hybridized carbons (Fsp3) is 0.667. The van der Waals surface area contributed by atoms with Gasteiger partial charge in [0, 0.05) is 32.2 Å². The number of hydrogen-bond donors (Lipinski definition) is 1. The standard InChI is InChI=1S/C18H30N2O2/c1-6-22-15-8-7-14(13-16(15)21-5)17(18(2,3)4)20-11-9-19-10-12-20/h7-8,13,17,19H,6,9-12H2,1-5H3/t17-/m1/s1. The van der Waals surface area contributed by atoms with Crippen LogP contribution in [-0.2, 0) is 0 Å². The van der Waals surface area contributed by atoms with Crippen molar-refractivity contribution in [2.45, 2.75) is 33.7 Å². The van der Waals surface area contributed by atoms with Crippen molar-refractivity contribution in [1.82, 2.24) is 10.2 Å². The molecule has 1 fully saturated rings. The van der Waals surface area contributed by atoms with E-state index in [-0.39, 0.29) is 5.41 Å². The summed E-state index contributed by atoms with van der Waals surface area (Å²) >= 11 is 0. The molecule has 1 aromatic carbocycles. The first-order chi connectivity index (χ1) is 10.5. The van der Waals surface area contributed by atoms with E-state index in [1.165, 1.54) is 5.56 Å². The predicted molar refractivity (Wildman–Crippen MR) is 90.8 cm³/mol. The summed E-state index contributed by atoms with van der Waals surface area (Å²) in [4.78, 5) is 2.58. The number of nitrogens with zero attached hydrogens (tertiary/aromatic N) is 1. The maximum atomic E-state index is 5.65. The molecular formula is C18H30N2O2. The van der Waals surface area contributed by atoms with Crippen LogP contribution in [0.25, 0.3) is 0 Å². The molecule has 0 aliphatic carbocycles. The van der Waals surface area contributed by atoms with E-state index in [2.05, 4.69) is 43.1 Å². The molecule has 0 radical (unpaired) electrons. The van der Waals surface area contributed by atoms with Gasteiger partial charge < -0.3 is 14.8 Å². The number of benzene rings is 1. The molecule has 4 nitrogen and oxygen atoms in total. The van der Waals surface area contributed by atoms with E-state index in [4.69, 9.17) is 9.47 Å². The summed E-state index contributed by atoms with van der Waals surface area (Å²) in [7, 11) is 1.71. The van der Waals surface area contributed by atoms with Gasteiger partial charge in [-0.15, -0.1) is 0 Å². The lowest BCUT2D eigenvalue weighted by Gasteiger charge is -2.42. The zero-order chi connectivity index (χ0) is 16.2. The van der Waals surface area contributed by atoms with Gasteiger partial charge in [0.15, 0.2) is 11.5 Å². The first kappa shape index (κ1) is 17.1. The van der Waals surface area contributed by atoms with Gasteiger partial charge in [-0.05, 0) is 30.0 Å². The Bertz CT molecular complexity index is 476. The third kappa shape index (κ3) is 3.93. The molecule has 4 heteroatoms. The van der Waals surface area contributed by atoms with Gasteiger partial charge in [-0.2, -0.15) is 0 Å². The number of piperazine rings is 1. The lowest BCUT2D eigenvalue weighted by Crippen LogP contribution is -2.48. The molecule has 1 aromatic rings. The van der Waals surface area contributed by atoms with Crippen molar-refractivity contribution in [3.05, 3.63) is 23.8 Å². The third-order valence-electron chi connectivity index (χ3n) is 4.14. The minimum Gasteiger partial charge on any atom is -0.493 e. The van der Waals surface area contributed by atoms with Gasteiger partial charge in [-0.3, -0.25) is 4.90 Å².